The second-order valence-corrected chi connectivity index (χ2v) is 8.09. The van der Waals surface area contributed by atoms with Crippen LogP contribution in [0.25, 0.3) is 0 Å². The van der Waals surface area contributed by atoms with Crippen molar-refractivity contribution >= 4 is 0 Å². The minimum atomic E-state index is -0.532. The normalized spacial score (nSPS) is 17.5. The van der Waals surface area contributed by atoms with E-state index in [1.54, 1.807) is 0 Å². The average molecular weight is 324 g/mol. The summed E-state index contributed by atoms with van der Waals surface area (Å²) >= 11 is 0. The van der Waals surface area contributed by atoms with Crippen molar-refractivity contribution in [2.24, 2.45) is 0 Å². The van der Waals surface area contributed by atoms with E-state index in [0.717, 1.165) is 19.3 Å². The number of rotatable bonds is 15. The summed E-state index contributed by atoms with van der Waals surface area (Å²) in [6.07, 6.45) is 26.1. The highest BCUT2D eigenvalue weighted by atomic mass is 16.3. The van der Waals surface area contributed by atoms with Gasteiger partial charge in [0.05, 0.1) is 0 Å². The van der Waals surface area contributed by atoms with Gasteiger partial charge < -0.3 is 0 Å². The van der Waals surface area contributed by atoms with Gasteiger partial charge in [-0.05, 0) is 19.3 Å². The van der Waals surface area contributed by atoms with Crippen LogP contribution in [0.2, 0.25) is 0 Å². The van der Waals surface area contributed by atoms with Crippen LogP contribution in [-0.4, -0.2) is 5.60 Å². The molecule has 0 aromatic carbocycles. The molecule has 0 heterocycles. The minimum Gasteiger partial charge on any atom is -0.229 e. The SMILES string of the molecule is CCCCCCCCCCCCCCCCC1([O])CCCCC1. The molecule has 1 radical (unpaired) electrons. The highest BCUT2D eigenvalue weighted by molar-refractivity contribution is 4.81. The van der Waals surface area contributed by atoms with E-state index in [-0.39, 0.29) is 0 Å². The average Bonchev–Trinajstić information content (AvgIpc) is 2.56. The minimum absolute atomic E-state index is 0.532. The Bertz CT molecular complexity index is 242. The van der Waals surface area contributed by atoms with Crippen molar-refractivity contribution in [2.45, 2.75) is 141 Å². The van der Waals surface area contributed by atoms with Crippen LogP contribution in [0.3, 0.4) is 0 Å². The van der Waals surface area contributed by atoms with Gasteiger partial charge in [0.2, 0.25) is 0 Å². The van der Waals surface area contributed by atoms with E-state index in [2.05, 4.69) is 6.92 Å². The van der Waals surface area contributed by atoms with Gasteiger partial charge in [-0.15, -0.1) is 0 Å². The molecular formula is C22H43O. The zero-order chi connectivity index (χ0) is 16.6. The fraction of sp³-hybridized carbons (Fsp3) is 1.00. The van der Waals surface area contributed by atoms with Crippen LogP contribution >= 0.6 is 0 Å². The predicted octanol–water partition coefficient (Wildman–Crippen LogP) is 7.99. The Morgan fingerprint density at radius 3 is 1.39 bits per heavy atom. The first-order valence-corrected chi connectivity index (χ1v) is 11.0. The molecule has 0 N–H and O–H groups in total. The molecule has 0 atom stereocenters. The Labute approximate surface area is 146 Å². The van der Waals surface area contributed by atoms with Gasteiger partial charge in [0, 0.05) is 0 Å². The largest absolute Gasteiger partial charge is 0.229 e. The molecule has 1 rings (SSSR count). The van der Waals surface area contributed by atoms with E-state index >= 15 is 0 Å². The van der Waals surface area contributed by atoms with E-state index < -0.39 is 5.60 Å². The first kappa shape index (κ1) is 21.0. The molecule has 0 unspecified atom stereocenters. The molecule has 1 aliphatic carbocycles. The first-order valence-electron chi connectivity index (χ1n) is 11.0. The summed E-state index contributed by atoms with van der Waals surface area (Å²) in [6.45, 7) is 2.29. The van der Waals surface area contributed by atoms with Gasteiger partial charge in [-0.25, -0.2) is 5.11 Å². The van der Waals surface area contributed by atoms with Crippen molar-refractivity contribution in [3.8, 4) is 0 Å². The van der Waals surface area contributed by atoms with Crippen molar-refractivity contribution in [1.82, 2.24) is 0 Å². The summed E-state index contributed by atoms with van der Waals surface area (Å²) in [5.41, 5.74) is -0.532. The molecule has 0 aliphatic heterocycles. The maximum atomic E-state index is 12.4. The van der Waals surface area contributed by atoms with Gasteiger partial charge in [-0.1, -0.05) is 116 Å². The zero-order valence-corrected chi connectivity index (χ0v) is 16.1. The van der Waals surface area contributed by atoms with Gasteiger partial charge in [0.25, 0.3) is 0 Å². The maximum absolute atomic E-state index is 12.4. The molecule has 0 aromatic heterocycles. The molecular weight excluding hydrogens is 280 g/mol. The topological polar surface area (TPSA) is 19.9 Å². The lowest BCUT2D eigenvalue weighted by atomic mass is 9.81. The molecule has 0 bridgehead atoms. The van der Waals surface area contributed by atoms with Gasteiger partial charge in [0.1, 0.15) is 5.60 Å². The third-order valence-electron chi connectivity index (χ3n) is 5.75. The Kier molecular flexibility index (Phi) is 13.1. The van der Waals surface area contributed by atoms with E-state index in [0.29, 0.717) is 0 Å². The first-order chi connectivity index (χ1) is 11.3. The van der Waals surface area contributed by atoms with E-state index in [4.69, 9.17) is 0 Å². The summed E-state index contributed by atoms with van der Waals surface area (Å²) in [5, 5.41) is 12.4. The highest BCUT2D eigenvalue weighted by Gasteiger charge is 2.30. The van der Waals surface area contributed by atoms with Crippen molar-refractivity contribution in [3.05, 3.63) is 0 Å². The molecule has 1 heteroatoms. The molecule has 0 amide bonds. The second-order valence-electron chi connectivity index (χ2n) is 8.09. The molecule has 137 valence electrons. The van der Waals surface area contributed by atoms with E-state index in [9.17, 15) is 5.11 Å². The Morgan fingerprint density at radius 2 is 0.957 bits per heavy atom. The van der Waals surface area contributed by atoms with Crippen molar-refractivity contribution in [1.29, 1.82) is 0 Å². The molecule has 1 fully saturated rings. The summed E-state index contributed by atoms with van der Waals surface area (Å²) in [5.74, 6) is 0. The van der Waals surface area contributed by atoms with Crippen LogP contribution in [0.4, 0.5) is 0 Å². The molecule has 23 heavy (non-hydrogen) atoms. The molecule has 1 saturated carbocycles. The van der Waals surface area contributed by atoms with Crippen LogP contribution in [0.15, 0.2) is 0 Å². The highest BCUT2D eigenvalue weighted by Crippen LogP contribution is 2.33. The standard InChI is InChI=1S/C22H43O/c1-2-3-4-5-6-7-8-9-10-11-12-13-14-16-19-22(23)20-17-15-18-21-22/h2-21H2,1H3. The molecule has 0 aromatic rings. The summed E-state index contributed by atoms with van der Waals surface area (Å²) < 4.78 is 0. The maximum Gasteiger partial charge on any atom is 0.104 e. The zero-order valence-electron chi connectivity index (χ0n) is 16.1. The fourth-order valence-electron chi connectivity index (χ4n) is 4.09. The summed E-state index contributed by atoms with van der Waals surface area (Å²) in [6, 6.07) is 0. The lowest BCUT2D eigenvalue weighted by molar-refractivity contribution is -0.0661. The molecule has 1 aliphatic rings. The number of hydrogen-bond acceptors (Lipinski definition) is 0. The third-order valence-corrected chi connectivity index (χ3v) is 5.75. The molecule has 1 nitrogen and oxygen atoms in total. The predicted molar refractivity (Wildman–Crippen MR) is 101 cm³/mol. The van der Waals surface area contributed by atoms with Gasteiger partial charge in [0.15, 0.2) is 0 Å². The Balaban J connectivity index is 1.74. The van der Waals surface area contributed by atoms with Gasteiger partial charge >= 0.3 is 0 Å². The van der Waals surface area contributed by atoms with Crippen LogP contribution in [0, 0.1) is 0 Å². The summed E-state index contributed by atoms with van der Waals surface area (Å²) in [7, 11) is 0. The van der Waals surface area contributed by atoms with Crippen molar-refractivity contribution in [2.75, 3.05) is 0 Å². The van der Waals surface area contributed by atoms with E-state index in [1.807, 2.05) is 0 Å². The summed E-state index contributed by atoms with van der Waals surface area (Å²) in [4.78, 5) is 0. The lowest BCUT2D eigenvalue weighted by Crippen LogP contribution is -2.29. The smallest absolute Gasteiger partial charge is 0.104 e. The van der Waals surface area contributed by atoms with Crippen LogP contribution in [0.5, 0.6) is 0 Å². The Hall–Kier alpha value is -0.0400. The molecule has 0 spiro atoms. The lowest BCUT2D eigenvalue weighted by Gasteiger charge is -2.29. The van der Waals surface area contributed by atoms with Crippen LogP contribution < -0.4 is 0 Å². The van der Waals surface area contributed by atoms with Gasteiger partial charge in [-0.3, -0.25) is 0 Å². The third kappa shape index (κ3) is 12.0. The monoisotopic (exact) mass is 323 g/mol. The number of unbranched alkanes of at least 4 members (excludes halogenated alkanes) is 13. The molecule has 0 saturated heterocycles. The number of hydrogen-bond donors (Lipinski definition) is 0. The van der Waals surface area contributed by atoms with Crippen molar-refractivity contribution < 1.29 is 5.11 Å². The van der Waals surface area contributed by atoms with Crippen LogP contribution in [-0.2, 0) is 5.11 Å². The second kappa shape index (κ2) is 14.3. The van der Waals surface area contributed by atoms with Crippen molar-refractivity contribution in [3.63, 3.8) is 0 Å². The van der Waals surface area contributed by atoms with Crippen LogP contribution in [0.1, 0.15) is 135 Å². The fourth-order valence-corrected chi connectivity index (χ4v) is 4.09. The Morgan fingerprint density at radius 1 is 0.565 bits per heavy atom. The van der Waals surface area contributed by atoms with Gasteiger partial charge in [-0.2, -0.15) is 0 Å². The van der Waals surface area contributed by atoms with E-state index in [1.165, 1.54) is 109 Å². The quantitative estimate of drug-likeness (QED) is 0.272.